The molecule has 0 radical (unpaired) electrons. The molecule has 2 fully saturated rings. The number of nitrogens with one attached hydrogen (secondary N) is 1. The highest BCUT2D eigenvalue weighted by molar-refractivity contribution is 6.00. The number of piperazine rings is 1. The number of hydrogen-bond acceptors (Lipinski definition) is 2. The standard InChI is InChI=1S/C13H14N2O2/c16-11-9-15(8-10-4-2-1-3-5-10)12(17)13(14-11)6-7-13/h1-5H,6-9H2,(H,14,16). The first-order valence-electron chi connectivity index (χ1n) is 5.84. The summed E-state index contributed by atoms with van der Waals surface area (Å²) in [5.74, 6) is 0.0268. The maximum Gasteiger partial charge on any atom is 0.249 e. The molecule has 1 N–H and O–H groups in total. The molecule has 0 unspecified atom stereocenters. The lowest BCUT2D eigenvalue weighted by atomic mass is 10.1. The highest BCUT2D eigenvalue weighted by Crippen LogP contribution is 2.39. The van der Waals surface area contributed by atoms with Gasteiger partial charge in [-0.25, -0.2) is 0 Å². The minimum absolute atomic E-state index is 0.0435. The van der Waals surface area contributed by atoms with E-state index in [9.17, 15) is 9.59 Å². The van der Waals surface area contributed by atoms with Gasteiger partial charge in [-0.2, -0.15) is 0 Å². The van der Waals surface area contributed by atoms with Gasteiger partial charge in [-0.15, -0.1) is 0 Å². The monoisotopic (exact) mass is 230 g/mol. The number of carbonyl (C=O) groups is 2. The van der Waals surface area contributed by atoms with Crippen LogP contribution in [0.2, 0.25) is 0 Å². The van der Waals surface area contributed by atoms with E-state index in [1.165, 1.54) is 0 Å². The molecule has 0 bridgehead atoms. The van der Waals surface area contributed by atoms with Crippen LogP contribution in [0, 0.1) is 0 Å². The number of amides is 2. The van der Waals surface area contributed by atoms with E-state index in [1.807, 2.05) is 30.3 Å². The van der Waals surface area contributed by atoms with Crippen LogP contribution in [0.4, 0.5) is 0 Å². The van der Waals surface area contributed by atoms with Gasteiger partial charge in [0.15, 0.2) is 0 Å². The van der Waals surface area contributed by atoms with Gasteiger partial charge in [-0.05, 0) is 18.4 Å². The molecular weight excluding hydrogens is 216 g/mol. The molecule has 1 saturated carbocycles. The van der Waals surface area contributed by atoms with Gasteiger partial charge in [0, 0.05) is 6.54 Å². The average molecular weight is 230 g/mol. The maximum absolute atomic E-state index is 12.2. The van der Waals surface area contributed by atoms with Crippen LogP contribution in [-0.2, 0) is 16.1 Å². The lowest BCUT2D eigenvalue weighted by molar-refractivity contribution is -0.146. The van der Waals surface area contributed by atoms with Crippen molar-refractivity contribution in [3.05, 3.63) is 35.9 Å². The van der Waals surface area contributed by atoms with Crippen molar-refractivity contribution in [2.75, 3.05) is 6.54 Å². The number of benzene rings is 1. The Labute approximate surface area is 99.6 Å². The van der Waals surface area contributed by atoms with E-state index in [4.69, 9.17) is 0 Å². The van der Waals surface area contributed by atoms with Crippen molar-refractivity contribution in [2.24, 2.45) is 0 Å². The van der Waals surface area contributed by atoms with Gasteiger partial charge in [0.25, 0.3) is 0 Å². The molecule has 88 valence electrons. The van der Waals surface area contributed by atoms with Gasteiger partial charge in [-0.1, -0.05) is 30.3 Å². The normalized spacial score (nSPS) is 21.5. The van der Waals surface area contributed by atoms with E-state index in [-0.39, 0.29) is 18.4 Å². The molecule has 4 heteroatoms. The minimum atomic E-state index is -0.551. The number of carbonyl (C=O) groups excluding carboxylic acids is 2. The van der Waals surface area contributed by atoms with Gasteiger partial charge >= 0.3 is 0 Å². The fourth-order valence-electron chi connectivity index (χ4n) is 2.30. The van der Waals surface area contributed by atoms with Crippen molar-refractivity contribution in [1.29, 1.82) is 0 Å². The van der Waals surface area contributed by atoms with Crippen LogP contribution < -0.4 is 5.32 Å². The fraction of sp³-hybridized carbons (Fsp3) is 0.385. The first-order valence-corrected chi connectivity index (χ1v) is 5.84. The van der Waals surface area contributed by atoms with Crippen molar-refractivity contribution in [1.82, 2.24) is 10.2 Å². The van der Waals surface area contributed by atoms with Crippen LogP contribution in [0.25, 0.3) is 0 Å². The lowest BCUT2D eigenvalue weighted by Crippen LogP contribution is -2.59. The van der Waals surface area contributed by atoms with Crippen LogP contribution >= 0.6 is 0 Å². The second-order valence-corrected chi connectivity index (χ2v) is 4.78. The second-order valence-electron chi connectivity index (χ2n) is 4.78. The number of rotatable bonds is 2. The summed E-state index contributed by atoms with van der Waals surface area (Å²) >= 11 is 0. The number of nitrogens with zero attached hydrogens (tertiary/aromatic N) is 1. The predicted octanol–water partition coefficient (Wildman–Crippen LogP) is 0.678. The summed E-state index contributed by atoms with van der Waals surface area (Å²) in [6, 6.07) is 9.77. The second kappa shape index (κ2) is 3.58. The van der Waals surface area contributed by atoms with Gasteiger partial charge in [-0.3, -0.25) is 9.59 Å². The molecule has 0 aromatic heterocycles. The summed E-state index contributed by atoms with van der Waals surface area (Å²) < 4.78 is 0. The molecule has 1 saturated heterocycles. The highest BCUT2D eigenvalue weighted by Gasteiger charge is 2.55. The molecule has 1 aromatic rings. The molecule has 1 aliphatic carbocycles. The Hall–Kier alpha value is -1.84. The van der Waals surface area contributed by atoms with Crippen molar-refractivity contribution in [2.45, 2.75) is 24.9 Å². The van der Waals surface area contributed by atoms with Crippen LogP contribution in [-0.4, -0.2) is 28.8 Å². The molecule has 1 aliphatic heterocycles. The van der Waals surface area contributed by atoms with Crippen LogP contribution in [0.15, 0.2) is 30.3 Å². The smallest absolute Gasteiger partial charge is 0.249 e. The first kappa shape index (κ1) is 10.3. The van der Waals surface area contributed by atoms with Crippen molar-refractivity contribution < 1.29 is 9.59 Å². The summed E-state index contributed by atoms with van der Waals surface area (Å²) in [6.07, 6.45) is 1.56. The fourth-order valence-corrected chi connectivity index (χ4v) is 2.30. The third kappa shape index (κ3) is 1.79. The molecule has 3 rings (SSSR count). The quantitative estimate of drug-likeness (QED) is 0.812. The molecule has 1 spiro atoms. The van der Waals surface area contributed by atoms with Crippen molar-refractivity contribution in [3.63, 3.8) is 0 Å². The molecular formula is C13H14N2O2. The van der Waals surface area contributed by atoms with E-state index in [1.54, 1.807) is 4.90 Å². The largest absolute Gasteiger partial charge is 0.340 e. The Kier molecular flexibility index (Phi) is 2.18. The topological polar surface area (TPSA) is 49.4 Å². The Morgan fingerprint density at radius 3 is 2.53 bits per heavy atom. The van der Waals surface area contributed by atoms with E-state index < -0.39 is 5.54 Å². The van der Waals surface area contributed by atoms with Crippen LogP contribution in [0.1, 0.15) is 18.4 Å². The Balaban J connectivity index is 1.78. The SMILES string of the molecule is O=C1CN(Cc2ccccc2)C(=O)C2(CC2)N1. The van der Waals surface area contributed by atoms with E-state index >= 15 is 0 Å². The van der Waals surface area contributed by atoms with Crippen LogP contribution in [0.5, 0.6) is 0 Å². The molecule has 2 aliphatic rings. The molecule has 2 amide bonds. The highest BCUT2D eigenvalue weighted by atomic mass is 16.2. The summed E-state index contributed by atoms with van der Waals surface area (Å²) in [4.78, 5) is 25.4. The van der Waals surface area contributed by atoms with Crippen molar-refractivity contribution in [3.8, 4) is 0 Å². The van der Waals surface area contributed by atoms with Gasteiger partial charge in [0.1, 0.15) is 5.54 Å². The van der Waals surface area contributed by atoms with Crippen LogP contribution in [0.3, 0.4) is 0 Å². The maximum atomic E-state index is 12.2. The zero-order chi connectivity index (χ0) is 11.9. The van der Waals surface area contributed by atoms with E-state index in [0.29, 0.717) is 6.54 Å². The lowest BCUT2D eigenvalue weighted by Gasteiger charge is -2.32. The Morgan fingerprint density at radius 1 is 1.18 bits per heavy atom. The molecule has 17 heavy (non-hydrogen) atoms. The summed E-state index contributed by atoms with van der Waals surface area (Å²) in [5.41, 5.74) is 0.510. The zero-order valence-corrected chi connectivity index (χ0v) is 9.48. The Bertz CT molecular complexity index is 466. The molecule has 0 atom stereocenters. The van der Waals surface area contributed by atoms with Gasteiger partial charge in [0.2, 0.25) is 11.8 Å². The van der Waals surface area contributed by atoms with E-state index in [2.05, 4.69) is 5.32 Å². The summed E-state index contributed by atoms with van der Waals surface area (Å²) in [7, 11) is 0. The van der Waals surface area contributed by atoms with Gasteiger partial charge < -0.3 is 10.2 Å². The van der Waals surface area contributed by atoms with E-state index in [0.717, 1.165) is 18.4 Å². The molecule has 1 heterocycles. The third-order valence-corrected chi connectivity index (χ3v) is 3.38. The minimum Gasteiger partial charge on any atom is -0.340 e. The summed E-state index contributed by atoms with van der Waals surface area (Å²) in [6.45, 7) is 0.699. The van der Waals surface area contributed by atoms with Crippen molar-refractivity contribution >= 4 is 11.8 Å². The molecule has 1 aromatic carbocycles. The predicted molar refractivity (Wildman–Crippen MR) is 62.0 cm³/mol. The third-order valence-electron chi connectivity index (χ3n) is 3.38. The number of hydrogen-bond donors (Lipinski definition) is 1. The Morgan fingerprint density at radius 2 is 1.88 bits per heavy atom. The first-order chi connectivity index (χ1) is 8.20. The average Bonchev–Trinajstić information content (AvgIpc) is 3.08. The molecule has 4 nitrogen and oxygen atoms in total. The summed E-state index contributed by atoms with van der Waals surface area (Å²) in [5, 5.41) is 2.80. The van der Waals surface area contributed by atoms with Gasteiger partial charge in [0.05, 0.1) is 6.54 Å². The zero-order valence-electron chi connectivity index (χ0n) is 9.48.